The van der Waals surface area contributed by atoms with Crippen molar-refractivity contribution in [3.8, 4) is 40.2 Å². The Labute approximate surface area is 386 Å². The summed E-state index contributed by atoms with van der Waals surface area (Å²) in [5.74, 6) is -0.161. The fourth-order valence-electron chi connectivity index (χ4n) is 10.8. The lowest BCUT2D eigenvalue weighted by atomic mass is 9.73. The van der Waals surface area contributed by atoms with Gasteiger partial charge in [0.25, 0.3) is 0 Å². The number of nitrogens with zero attached hydrogens (tertiary/aromatic N) is 2. The Morgan fingerprint density at radius 3 is 2.42 bits per heavy atom. The van der Waals surface area contributed by atoms with Crippen LogP contribution in [0, 0.1) is 13.8 Å². The predicted octanol–water partition coefficient (Wildman–Crippen LogP) is 4.53. The molecule has 1 spiro atoms. The molecule has 0 aliphatic carbocycles. The van der Waals surface area contributed by atoms with E-state index in [0.717, 1.165) is 11.1 Å². The average molecular weight is 933 g/mol. The summed E-state index contributed by atoms with van der Waals surface area (Å²) in [6.45, 7) is 11.6. The topological polar surface area (TPSA) is 213 Å². The number of carbonyl (C=O) groups excluding carboxylic acids is 4. The van der Waals surface area contributed by atoms with Crippen LogP contribution in [0.3, 0.4) is 0 Å². The Balaban J connectivity index is 1.19. The predicted molar refractivity (Wildman–Crippen MR) is 237 cm³/mol. The van der Waals surface area contributed by atoms with Crippen LogP contribution in [0.2, 0.25) is 0 Å². The number of nitrogens with one attached hydrogen (secondary N) is 2. The number of aliphatic hydroxyl groups excluding tert-OH is 1. The van der Waals surface area contributed by atoms with Gasteiger partial charge >= 0.3 is 24.0 Å². The van der Waals surface area contributed by atoms with Crippen molar-refractivity contribution in [1.82, 2.24) is 20.4 Å². The first-order valence-corrected chi connectivity index (χ1v) is 23.0. The molecule has 3 aromatic rings. The highest BCUT2D eigenvalue weighted by atomic mass is 32.2. The molecule has 10 rings (SSSR count). The van der Waals surface area contributed by atoms with E-state index >= 15 is 4.79 Å². The highest BCUT2D eigenvalue weighted by molar-refractivity contribution is 7.99. The number of phenolic OH excluding ortho intramolecular Hbond substituents is 1. The van der Waals surface area contributed by atoms with E-state index in [1.54, 1.807) is 39.8 Å². The SMILES string of the molecule is COc1cc2c(cc1OC(=O)[C@H](C)NC(=O)OC(C)(C)C)CCN[C@]21CS[C@@H]2c3c(OC(C)=O)c(C)c4c(c3[C@H](COC1=O)N1C2[C@H]2c3c(cc(C)c(OC)c3O)C[C@@H]([C@@H]1O)N2C)OCO4. The maximum Gasteiger partial charge on any atom is 0.408 e. The molecule has 66 heavy (non-hydrogen) atoms. The van der Waals surface area contributed by atoms with Gasteiger partial charge < -0.3 is 53.4 Å². The number of esters is 3. The summed E-state index contributed by atoms with van der Waals surface area (Å²) >= 11 is 1.42. The van der Waals surface area contributed by atoms with E-state index in [1.165, 1.54) is 39.8 Å². The van der Waals surface area contributed by atoms with Crippen LogP contribution in [0.5, 0.6) is 40.2 Å². The quantitative estimate of drug-likeness (QED) is 0.198. The summed E-state index contributed by atoms with van der Waals surface area (Å²) in [6.07, 6.45) is -1.02. The van der Waals surface area contributed by atoms with Crippen LogP contribution in [0.15, 0.2) is 18.2 Å². The number of hydrogen-bond donors (Lipinski definition) is 4. The molecule has 18 nitrogen and oxygen atoms in total. The number of fused-ring (bicyclic) bond motifs is 9. The molecule has 7 heterocycles. The molecule has 7 aliphatic rings. The van der Waals surface area contributed by atoms with Crippen molar-refractivity contribution >= 4 is 35.8 Å². The third-order valence-electron chi connectivity index (χ3n) is 13.5. The van der Waals surface area contributed by atoms with E-state index in [-0.39, 0.29) is 42.2 Å². The Kier molecular flexibility index (Phi) is 11.6. The van der Waals surface area contributed by atoms with Gasteiger partial charge in [0, 0.05) is 47.5 Å². The summed E-state index contributed by atoms with van der Waals surface area (Å²) in [5.41, 5.74) is 3.01. The largest absolute Gasteiger partial charge is 0.504 e. The molecule has 2 saturated heterocycles. The molecule has 0 saturated carbocycles. The second-order valence-corrected chi connectivity index (χ2v) is 19.8. The number of methoxy groups -OCH3 is 2. The second-order valence-electron chi connectivity index (χ2n) is 18.7. The molecule has 7 aliphatic heterocycles. The molecule has 4 N–H and O–H groups in total. The number of alkyl carbamates (subject to hydrolysis) is 1. The number of rotatable bonds is 6. The van der Waals surface area contributed by atoms with Crippen molar-refractivity contribution in [2.75, 3.05) is 47.0 Å². The Morgan fingerprint density at radius 2 is 1.73 bits per heavy atom. The number of aromatic hydroxyl groups is 1. The highest BCUT2D eigenvalue weighted by Gasteiger charge is 2.61. The Hall–Kier alpha value is -5.47. The first-order chi connectivity index (χ1) is 31.3. The van der Waals surface area contributed by atoms with Crippen molar-refractivity contribution in [1.29, 1.82) is 0 Å². The van der Waals surface area contributed by atoms with Crippen molar-refractivity contribution in [3.63, 3.8) is 0 Å². The summed E-state index contributed by atoms with van der Waals surface area (Å²) in [6, 6.07) is 1.78. The van der Waals surface area contributed by atoms with Crippen molar-refractivity contribution < 1.29 is 67.3 Å². The van der Waals surface area contributed by atoms with Gasteiger partial charge in [-0.3, -0.25) is 19.9 Å². The van der Waals surface area contributed by atoms with E-state index in [1.807, 2.05) is 24.9 Å². The molecule has 1 amide bonds. The van der Waals surface area contributed by atoms with Crippen molar-refractivity contribution in [3.05, 3.63) is 62.7 Å². The van der Waals surface area contributed by atoms with Crippen molar-refractivity contribution in [2.45, 2.75) is 114 Å². The first-order valence-electron chi connectivity index (χ1n) is 22.0. The van der Waals surface area contributed by atoms with E-state index < -0.39 is 76.8 Å². The van der Waals surface area contributed by atoms with E-state index in [4.69, 9.17) is 37.9 Å². The number of phenols is 1. The van der Waals surface area contributed by atoms with Gasteiger partial charge in [0.1, 0.15) is 30.2 Å². The molecule has 1 unspecified atom stereocenters. The molecule has 0 aromatic heterocycles. The maximum absolute atomic E-state index is 15.1. The second kappa shape index (κ2) is 16.7. The van der Waals surface area contributed by atoms with Crippen LogP contribution in [0.25, 0.3) is 0 Å². The third-order valence-corrected chi connectivity index (χ3v) is 15.0. The molecule has 0 radical (unpaired) electrons. The van der Waals surface area contributed by atoms with Gasteiger partial charge in [-0.25, -0.2) is 14.4 Å². The highest BCUT2D eigenvalue weighted by Crippen LogP contribution is 2.64. The van der Waals surface area contributed by atoms with E-state index in [2.05, 4.69) is 15.5 Å². The number of aliphatic hydroxyl groups is 1. The van der Waals surface area contributed by atoms with Crippen LogP contribution in [-0.4, -0.2) is 121 Å². The minimum Gasteiger partial charge on any atom is -0.504 e. The molecule has 3 aromatic carbocycles. The standard InChI is InChI=1S/C47H56N4O14S/c1-20-13-25-14-27-42(54)51-28-17-60-44(56)47(26-16-29(58-9)30(15-24(26)11-12-48-47)64-43(55)22(3)49-45(57)65-46(5,6)7)18-66-41(35(51)34(50(27)8)31(25)36(53)37(20)59-10)33-32(28)40-39(61-19-62-40)21(2)38(33)63-23(4)52/h13,15-16,22,27-28,34-35,41-42,48,53-54H,11-12,14,17-19H2,1-10H3,(H,49,57)/t22-,27-,28-,34+,35?,41+,42-,47+/m0/s1. The lowest BCUT2D eigenvalue weighted by Gasteiger charge is -2.62. The van der Waals surface area contributed by atoms with Gasteiger partial charge in [-0.2, -0.15) is 0 Å². The maximum atomic E-state index is 15.1. The number of likely N-dealkylation sites (N-methyl/N-ethyl adjacent to an activating group) is 1. The zero-order valence-corrected chi connectivity index (χ0v) is 39.4. The van der Waals surface area contributed by atoms with Gasteiger partial charge in [-0.15, -0.1) is 11.8 Å². The Morgan fingerprint density at radius 1 is 0.985 bits per heavy atom. The summed E-state index contributed by atoms with van der Waals surface area (Å²) in [5, 5.41) is 30.2. The number of thioether (sulfide) groups is 1. The monoisotopic (exact) mass is 932 g/mol. The number of benzene rings is 3. The third kappa shape index (κ3) is 7.24. The van der Waals surface area contributed by atoms with Crippen LogP contribution >= 0.6 is 11.8 Å². The van der Waals surface area contributed by atoms with Gasteiger partial charge in [-0.05, 0) is 95.8 Å². The number of aryl methyl sites for hydroxylation is 1. The van der Waals surface area contributed by atoms with Crippen LogP contribution < -0.4 is 39.1 Å². The molecule has 4 bridgehead atoms. The van der Waals surface area contributed by atoms with Crippen LogP contribution in [0.1, 0.15) is 96.5 Å². The molecule has 8 atom stereocenters. The number of piperazine rings is 1. The van der Waals surface area contributed by atoms with E-state index in [0.29, 0.717) is 70.0 Å². The minimum atomic E-state index is -1.50. The average Bonchev–Trinajstić information content (AvgIpc) is 3.74. The fraction of sp³-hybridized carbons (Fsp3) is 0.532. The van der Waals surface area contributed by atoms with E-state index in [9.17, 15) is 24.6 Å². The summed E-state index contributed by atoms with van der Waals surface area (Å²) in [4.78, 5) is 58.1. The molecular formula is C47H56N4O14S. The molecule has 19 heteroatoms. The van der Waals surface area contributed by atoms with Crippen LogP contribution in [0.4, 0.5) is 4.79 Å². The molecule has 354 valence electrons. The number of hydrogen-bond acceptors (Lipinski definition) is 18. The van der Waals surface area contributed by atoms with Crippen LogP contribution in [-0.2, 0) is 42.2 Å². The smallest absolute Gasteiger partial charge is 0.408 e. The number of amides is 1. The normalized spacial score (nSPS) is 26.7. The van der Waals surface area contributed by atoms with Gasteiger partial charge in [-0.1, -0.05) is 6.07 Å². The summed E-state index contributed by atoms with van der Waals surface area (Å²) in [7, 11) is 4.88. The fourth-order valence-corrected chi connectivity index (χ4v) is 12.5. The number of ether oxygens (including phenoxy) is 8. The molecule has 2 fully saturated rings. The Bertz CT molecular complexity index is 2550. The van der Waals surface area contributed by atoms with Gasteiger partial charge in [0.15, 0.2) is 40.0 Å². The lowest BCUT2D eigenvalue weighted by molar-refractivity contribution is -0.186. The zero-order valence-electron chi connectivity index (χ0n) is 38.6. The molecular weight excluding hydrogens is 877 g/mol. The zero-order chi connectivity index (χ0) is 47.3. The summed E-state index contributed by atoms with van der Waals surface area (Å²) < 4.78 is 47.6. The number of carbonyl (C=O) groups is 4. The lowest BCUT2D eigenvalue weighted by Crippen LogP contribution is -2.70. The van der Waals surface area contributed by atoms with Gasteiger partial charge in [0.05, 0.1) is 37.6 Å². The first kappa shape index (κ1) is 45.7. The van der Waals surface area contributed by atoms with Gasteiger partial charge in [0.2, 0.25) is 6.79 Å². The minimum absolute atomic E-state index is 0.00351. The van der Waals surface area contributed by atoms with Crippen molar-refractivity contribution in [2.24, 2.45) is 0 Å².